The lowest BCUT2D eigenvalue weighted by Gasteiger charge is -2.37. The van der Waals surface area contributed by atoms with Crippen LogP contribution in [0.15, 0.2) is 36.4 Å². The van der Waals surface area contributed by atoms with E-state index in [1.165, 1.54) is 68.4 Å². The zero-order valence-electron chi connectivity index (χ0n) is 18.4. The Morgan fingerprint density at radius 2 is 1.90 bits per heavy atom. The van der Waals surface area contributed by atoms with Gasteiger partial charge in [0.1, 0.15) is 5.75 Å². The molecule has 2 aromatic rings. The molecule has 0 atom stereocenters. The minimum absolute atomic E-state index is 0.0347. The lowest BCUT2D eigenvalue weighted by Crippen LogP contribution is -2.49. The summed E-state index contributed by atoms with van der Waals surface area (Å²) in [5, 5.41) is 2.43. The molecule has 30 heavy (non-hydrogen) atoms. The van der Waals surface area contributed by atoms with Crippen LogP contribution in [-0.2, 0) is 16.1 Å². The third-order valence-electron chi connectivity index (χ3n) is 6.86. The van der Waals surface area contributed by atoms with E-state index in [-0.39, 0.29) is 11.9 Å². The Bertz CT molecular complexity index is 850. The van der Waals surface area contributed by atoms with Crippen LogP contribution in [0.25, 0.3) is 10.8 Å². The Morgan fingerprint density at radius 1 is 1.10 bits per heavy atom. The van der Waals surface area contributed by atoms with Crippen molar-refractivity contribution in [3.8, 4) is 5.75 Å². The van der Waals surface area contributed by atoms with Crippen LogP contribution in [0.1, 0.15) is 57.4 Å². The second-order valence-corrected chi connectivity index (χ2v) is 9.13. The summed E-state index contributed by atoms with van der Waals surface area (Å²) in [5.74, 6) is 1.87. The molecule has 1 heterocycles. The Kier molecular flexibility index (Phi) is 6.93. The van der Waals surface area contributed by atoms with Gasteiger partial charge in [-0.05, 0) is 54.7 Å². The van der Waals surface area contributed by atoms with Crippen LogP contribution < -0.4 is 4.74 Å². The quantitative estimate of drug-likeness (QED) is 0.534. The number of benzene rings is 2. The van der Waals surface area contributed by atoms with Gasteiger partial charge in [-0.3, -0.25) is 9.69 Å². The highest BCUT2D eigenvalue weighted by atomic mass is 16.5. The van der Waals surface area contributed by atoms with E-state index in [4.69, 9.17) is 9.47 Å². The number of unbranched alkanes of at least 4 members (excludes halogenated alkanes) is 1. The Labute approximate surface area is 180 Å². The smallest absolute Gasteiger partial charge is 0.311 e. The number of rotatable bonds is 8. The average Bonchev–Trinajstić information content (AvgIpc) is 2.75. The van der Waals surface area contributed by atoms with E-state index in [0.29, 0.717) is 6.10 Å². The third-order valence-corrected chi connectivity index (χ3v) is 6.86. The maximum absolute atomic E-state index is 11.6. The molecule has 2 fully saturated rings. The van der Waals surface area contributed by atoms with Gasteiger partial charge in [0, 0.05) is 25.0 Å². The summed E-state index contributed by atoms with van der Waals surface area (Å²) >= 11 is 0. The van der Waals surface area contributed by atoms with Crippen LogP contribution in [0.3, 0.4) is 0 Å². The summed E-state index contributed by atoms with van der Waals surface area (Å²) in [6, 6.07) is 13.0. The molecule has 1 aliphatic carbocycles. The molecular weight excluding hydrogens is 374 g/mol. The molecule has 2 aliphatic rings. The Hall–Kier alpha value is -2.07. The molecule has 2 aromatic carbocycles. The van der Waals surface area contributed by atoms with E-state index >= 15 is 0 Å². The average molecular weight is 410 g/mol. The Morgan fingerprint density at radius 3 is 2.63 bits per heavy atom. The van der Waals surface area contributed by atoms with Gasteiger partial charge < -0.3 is 9.47 Å². The number of hydrogen-bond acceptors (Lipinski definition) is 4. The number of carbonyl (C=O) groups excluding carboxylic acids is 1. The molecule has 0 aromatic heterocycles. The van der Waals surface area contributed by atoms with Crippen molar-refractivity contribution in [2.75, 3.05) is 20.2 Å². The summed E-state index contributed by atoms with van der Waals surface area (Å²) in [7, 11) is 1.46. The van der Waals surface area contributed by atoms with Crippen LogP contribution in [-0.4, -0.2) is 37.2 Å². The highest BCUT2D eigenvalue weighted by Crippen LogP contribution is 2.34. The maximum Gasteiger partial charge on any atom is 0.311 e. The van der Waals surface area contributed by atoms with Crippen molar-refractivity contribution in [1.82, 2.24) is 4.90 Å². The largest absolute Gasteiger partial charge is 0.490 e. The van der Waals surface area contributed by atoms with Crippen molar-refractivity contribution in [2.24, 2.45) is 11.8 Å². The van der Waals surface area contributed by atoms with E-state index in [1.54, 1.807) is 0 Å². The summed E-state index contributed by atoms with van der Waals surface area (Å²) in [6.07, 6.45) is 9.38. The highest BCUT2D eigenvalue weighted by molar-refractivity contribution is 5.88. The predicted molar refractivity (Wildman–Crippen MR) is 121 cm³/mol. The van der Waals surface area contributed by atoms with Crippen molar-refractivity contribution >= 4 is 16.7 Å². The zero-order valence-corrected chi connectivity index (χ0v) is 18.4. The fourth-order valence-corrected chi connectivity index (χ4v) is 4.99. The molecular formula is C26H35NO3. The van der Waals surface area contributed by atoms with Gasteiger partial charge in [0.2, 0.25) is 0 Å². The minimum atomic E-state index is -0.0917. The van der Waals surface area contributed by atoms with Gasteiger partial charge in [-0.15, -0.1) is 0 Å². The van der Waals surface area contributed by atoms with E-state index < -0.39 is 0 Å². The summed E-state index contributed by atoms with van der Waals surface area (Å²) in [4.78, 5) is 13.9. The third kappa shape index (κ3) is 4.97. The van der Waals surface area contributed by atoms with Gasteiger partial charge in [0.05, 0.1) is 19.1 Å². The van der Waals surface area contributed by atoms with Crippen LogP contribution in [0.2, 0.25) is 0 Å². The molecule has 4 nitrogen and oxygen atoms in total. The van der Waals surface area contributed by atoms with E-state index in [9.17, 15) is 4.79 Å². The van der Waals surface area contributed by atoms with Gasteiger partial charge in [-0.1, -0.05) is 50.5 Å². The van der Waals surface area contributed by atoms with Gasteiger partial charge in [-0.25, -0.2) is 0 Å². The number of fused-ring (bicyclic) bond motifs is 1. The lowest BCUT2D eigenvalue weighted by molar-refractivity contribution is -0.151. The molecule has 4 rings (SSSR count). The van der Waals surface area contributed by atoms with Crippen molar-refractivity contribution in [3.63, 3.8) is 0 Å². The van der Waals surface area contributed by atoms with Crippen LogP contribution in [0.4, 0.5) is 0 Å². The fraction of sp³-hybridized carbons (Fsp3) is 0.577. The first-order valence-corrected chi connectivity index (χ1v) is 11.6. The molecule has 1 aliphatic heterocycles. The Balaban J connectivity index is 1.35. The molecule has 1 saturated heterocycles. The number of methoxy groups -OCH3 is 1. The first kappa shape index (κ1) is 21.2. The molecule has 4 heteroatoms. The maximum atomic E-state index is 11.6. The van der Waals surface area contributed by atoms with Gasteiger partial charge in [0.15, 0.2) is 0 Å². The minimum Gasteiger partial charge on any atom is -0.490 e. The molecule has 162 valence electrons. The van der Waals surface area contributed by atoms with Crippen molar-refractivity contribution in [2.45, 2.75) is 64.5 Å². The molecule has 0 unspecified atom stereocenters. The number of ether oxygens (including phenoxy) is 2. The fourth-order valence-electron chi connectivity index (χ4n) is 4.99. The first-order valence-electron chi connectivity index (χ1n) is 11.6. The van der Waals surface area contributed by atoms with Gasteiger partial charge >= 0.3 is 5.97 Å². The van der Waals surface area contributed by atoms with E-state index in [0.717, 1.165) is 31.3 Å². The SMILES string of the molecule is CCCCC1CCC(Oc2cccc3cc(CN4CC(C(=O)OC)C4)ccc23)CC1. The lowest BCUT2D eigenvalue weighted by atomic mass is 9.84. The molecule has 0 radical (unpaired) electrons. The monoisotopic (exact) mass is 409 g/mol. The number of nitrogens with zero attached hydrogens (tertiary/aromatic N) is 1. The van der Waals surface area contributed by atoms with Crippen molar-refractivity contribution in [3.05, 3.63) is 42.0 Å². The normalized spacial score (nSPS) is 22.6. The van der Waals surface area contributed by atoms with E-state index in [2.05, 4.69) is 48.2 Å². The molecule has 0 spiro atoms. The van der Waals surface area contributed by atoms with Gasteiger partial charge in [0.25, 0.3) is 0 Å². The van der Waals surface area contributed by atoms with Crippen LogP contribution in [0.5, 0.6) is 5.75 Å². The van der Waals surface area contributed by atoms with Crippen LogP contribution in [0, 0.1) is 11.8 Å². The number of esters is 1. The molecule has 1 saturated carbocycles. The van der Waals surface area contributed by atoms with Gasteiger partial charge in [-0.2, -0.15) is 0 Å². The number of hydrogen-bond donors (Lipinski definition) is 0. The first-order chi connectivity index (χ1) is 14.7. The summed E-state index contributed by atoms with van der Waals surface area (Å²) in [5.41, 5.74) is 1.28. The molecule has 0 amide bonds. The van der Waals surface area contributed by atoms with Crippen molar-refractivity contribution < 1.29 is 14.3 Å². The molecule has 0 bridgehead atoms. The topological polar surface area (TPSA) is 38.8 Å². The number of carbonyl (C=O) groups is 1. The zero-order chi connectivity index (χ0) is 20.9. The second kappa shape index (κ2) is 9.82. The van der Waals surface area contributed by atoms with E-state index in [1.807, 2.05) is 0 Å². The summed E-state index contributed by atoms with van der Waals surface area (Å²) < 4.78 is 11.3. The second-order valence-electron chi connectivity index (χ2n) is 9.13. The molecule has 0 N–H and O–H groups in total. The predicted octanol–water partition coefficient (Wildman–Crippen LogP) is 5.57. The highest BCUT2D eigenvalue weighted by Gasteiger charge is 2.33. The number of likely N-dealkylation sites (tertiary alicyclic amines) is 1. The van der Waals surface area contributed by atoms with Crippen molar-refractivity contribution in [1.29, 1.82) is 0 Å². The standard InChI is InChI=1S/C26H35NO3/c1-3-4-6-19-9-12-23(13-10-19)30-25-8-5-7-21-15-20(11-14-24(21)25)16-27-17-22(18-27)26(28)29-2/h5,7-8,11,14-15,19,22-23H,3-4,6,9-10,12-13,16-18H2,1-2H3. The summed E-state index contributed by atoms with van der Waals surface area (Å²) in [6.45, 7) is 4.73. The van der Waals surface area contributed by atoms with Crippen LogP contribution >= 0.6 is 0 Å².